The summed E-state index contributed by atoms with van der Waals surface area (Å²) in [7, 11) is 0. The van der Waals surface area contributed by atoms with Gasteiger partial charge in [-0.15, -0.1) is 0 Å². The molecule has 0 spiro atoms. The van der Waals surface area contributed by atoms with Crippen molar-refractivity contribution in [1.82, 2.24) is 25.2 Å². The van der Waals surface area contributed by atoms with Crippen molar-refractivity contribution >= 4 is 34.1 Å². The van der Waals surface area contributed by atoms with Gasteiger partial charge < -0.3 is 20.7 Å². The number of hydrogen-bond acceptors (Lipinski definition) is 8. The van der Waals surface area contributed by atoms with Crippen molar-refractivity contribution in [2.24, 2.45) is 0 Å². The molecule has 3 aromatic rings. The van der Waals surface area contributed by atoms with Crippen LogP contribution in [0, 0.1) is 6.92 Å². The molecule has 242 valence electrons. The minimum absolute atomic E-state index is 0.0330. The molecule has 0 amide bonds. The molecule has 13 heteroatoms. The fourth-order valence-electron chi connectivity index (χ4n) is 8.41. The minimum atomic E-state index is -4.69. The summed E-state index contributed by atoms with van der Waals surface area (Å²) in [5.41, 5.74) is 5.42. The van der Waals surface area contributed by atoms with Gasteiger partial charge in [0.1, 0.15) is 23.9 Å². The second kappa shape index (κ2) is 11.1. The molecule has 7 rings (SSSR count). The Hall–Kier alpha value is -2.96. The number of rotatable bonds is 6. The standard InChI is InChI=1S/C32H38ClF4N7O/c1-4-21-25(28-26(32(35,36)37)16(2)10-24(38)40-28)23(33)11-22-27(21)41-30(42-29(22)43-14-19-6-7-20(15-43)39-19)45-17(3)31-8-5-9-44(31)13-18(34)12-31/h10-11,17-20,39H,4-9,12-15H2,1-3H3,(H2,38,40)/t17?,18-,19?,20?,31-/m1/s1. The van der Waals surface area contributed by atoms with Crippen LogP contribution in [0.1, 0.15) is 62.6 Å². The Morgan fingerprint density at radius 2 is 1.89 bits per heavy atom. The third-order valence-corrected chi connectivity index (χ3v) is 10.6. The fourth-order valence-corrected chi connectivity index (χ4v) is 8.72. The van der Waals surface area contributed by atoms with E-state index in [9.17, 15) is 17.6 Å². The number of nitrogens with two attached hydrogens (primary N) is 1. The van der Waals surface area contributed by atoms with Gasteiger partial charge in [-0.05, 0) is 75.8 Å². The lowest BCUT2D eigenvalue weighted by Crippen LogP contribution is -2.51. The highest BCUT2D eigenvalue weighted by Gasteiger charge is 2.53. The molecule has 3 unspecified atom stereocenters. The summed E-state index contributed by atoms with van der Waals surface area (Å²) in [6, 6.07) is 3.60. The van der Waals surface area contributed by atoms with Crippen LogP contribution in [0.15, 0.2) is 12.1 Å². The van der Waals surface area contributed by atoms with Crippen LogP contribution >= 0.6 is 11.6 Å². The van der Waals surface area contributed by atoms with Gasteiger partial charge in [0.25, 0.3) is 0 Å². The monoisotopic (exact) mass is 647 g/mol. The Bertz CT molecular complexity index is 1640. The number of piperazine rings is 1. The summed E-state index contributed by atoms with van der Waals surface area (Å²) < 4.78 is 64.6. The molecule has 0 aliphatic carbocycles. The van der Waals surface area contributed by atoms with E-state index in [0.29, 0.717) is 66.8 Å². The third kappa shape index (κ3) is 5.17. The molecule has 2 bridgehead atoms. The number of aryl methyl sites for hydroxylation is 2. The number of fused-ring (bicyclic) bond motifs is 4. The lowest BCUT2D eigenvalue weighted by molar-refractivity contribution is -0.137. The van der Waals surface area contributed by atoms with Crippen molar-refractivity contribution in [2.75, 3.05) is 36.8 Å². The average molecular weight is 648 g/mol. The van der Waals surface area contributed by atoms with Gasteiger partial charge in [0.2, 0.25) is 0 Å². The van der Waals surface area contributed by atoms with E-state index in [1.165, 1.54) is 13.0 Å². The molecule has 1 aromatic carbocycles. The summed E-state index contributed by atoms with van der Waals surface area (Å²) in [6.07, 6.45) is -1.42. The summed E-state index contributed by atoms with van der Waals surface area (Å²) >= 11 is 6.91. The maximum atomic E-state index is 14.7. The first-order valence-corrected chi connectivity index (χ1v) is 16.2. The predicted octanol–water partition coefficient (Wildman–Crippen LogP) is 6.10. The molecule has 0 radical (unpaired) electrons. The smallest absolute Gasteiger partial charge is 0.418 e. The summed E-state index contributed by atoms with van der Waals surface area (Å²) in [4.78, 5) is 18.4. The van der Waals surface area contributed by atoms with E-state index in [2.05, 4.69) is 20.1 Å². The van der Waals surface area contributed by atoms with Crippen molar-refractivity contribution in [3.05, 3.63) is 33.8 Å². The van der Waals surface area contributed by atoms with Crippen LogP contribution in [0.5, 0.6) is 6.01 Å². The molecule has 4 saturated heterocycles. The molecular weight excluding hydrogens is 610 g/mol. The molecule has 45 heavy (non-hydrogen) atoms. The van der Waals surface area contributed by atoms with Crippen LogP contribution in [0.2, 0.25) is 5.02 Å². The van der Waals surface area contributed by atoms with E-state index in [1.54, 1.807) is 6.07 Å². The molecule has 3 N–H and O–H groups in total. The lowest BCUT2D eigenvalue weighted by Gasteiger charge is -2.37. The zero-order chi connectivity index (χ0) is 31.8. The van der Waals surface area contributed by atoms with E-state index in [-0.39, 0.29) is 33.7 Å². The Labute approximate surface area is 264 Å². The second-order valence-electron chi connectivity index (χ2n) is 13.1. The Balaban J connectivity index is 1.42. The SMILES string of the molecule is CCc1c(-c2nc(N)cc(C)c2C(F)(F)F)c(Cl)cc2c(N3CC4CCC(C3)N4)nc(OC(C)[C@]34CCCN3C[C@H](F)C4)nc12. The number of nitrogen functional groups attached to an aromatic ring is 1. The number of alkyl halides is 4. The Kier molecular flexibility index (Phi) is 7.56. The third-order valence-electron chi connectivity index (χ3n) is 10.3. The minimum Gasteiger partial charge on any atom is -0.458 e. The number of benzene rings is 1. The number of nitrogens with one attached hydrogen (secondary N) is 1. The Morgan fingerprint density at radius 3 is 2.58 bits per heavy atom. The van der Waals surface area contributed by atoms with Crippen LogP contribution in [0.25, 0.3) is 22.2 Å². The van der Waals surface area contributed by atoms with E-state index in [4.69, 9.17) is 32.0 Å². The molecule has 4 aliphatic heterocycles. The van der Waals surface area contributed by atoms with Crippen molar-refractivity contribution < 1.29 is 22.3 Å². The van der Waals surface area contributed by atoms with Crippen LogP contribution in [-0.4, -0.2) is 75.9 Å². The summed E-state index contributed by atoms with van der Waals surface area (Å²) in [5.74, 6) is 0.599. The normalized spacial score (nSPS) is 27.4. The average Bonchev–Trinajstić information content (AvgIpc) is 3.62. The van der Waals surface area contributed by atoms with Gasteiger partial charge in [-0.25, -0.2) is 9.37 Å². The van der Waals surface area contributed by atoms with Crippen LogP contribution in [0.4, 0.5) is 29.2 Å². The lowest BCUT2D eigenvalue weighted by atomic mass is 9.88. The van der Waals surface area contributed by atoms with Crippen molar-refractivity contribution in [1.29, 1.82) is 0 Å². The maximum Gasteiger partial charge on any atom is 0.418 e. The van der Waals surface area contributed by atoms with E-state index >= 15 is 0 Å². The zero-order valence-corrected chi connectivity index (χ0v) is 26.4. The number of halogens is 5. The van der Waals surface area contributed by atoms with Gasteiger partial charge in [-0.2, -0.15) is 23.1 Å². The van der Waals surface area contributed by atoms with Gasteiger partial charge in [0, 0.05) is 49.1 Å². The molecule has 4 aliphatic rings. The van der Waals surface area contributed by atoms with Crippen LogP contribution in [-0.2, 0) is 12.6 Å². The van der Waals surface area contributed by atoms with E-state index in [0.717, 1.165) is 32.2 Å². The highest BCUT2D eigenvalue weighted by molar-refractivity contribution is 6.34. The van der Waals surface area contributed by atoms with E-state index < -0.39 is 29.6 Å². The van der Waals surface area contributed by atoms with Crippen molar-refractivity contribution in [2.45, 2.75) is 95.4 Å². The molecule has 4 fully saturated rings. The first kappa shape index (κ1) is 30.7. The number of aromatic nitrogens is 3. The van der Waals surface area contributed by atoms with Gasteiger partial charge >= 0.3 is 12.2 Å². The number of pyridine rings is 1. The maximum absolute atomic E-state index is 14.7. The largest absolute Gasteiger partial charge is 0.458 e. The van der Waals surface area contributed by atoms with Gasteiger partial charge in [-0.3, -0.25) is 4.90 Å². The second-order valence-corrected chi connectivity index (χ2v) is 13.5. The van der Waals surface area contributed by atoms with Crippen molar-refractivity contribution in [3.8, 4) is 17.3 Å². The Morgan fingerprint density at radius 1 is 1.16 bits per heavy atom. The predicted molar refractivity (Wildman–Crippen MR) is 167 cm³/mol. The van der Waals surface area contributed by atoms with Crippen LogP contribution < -0.4 is 20.7 Å². The van der Waals surface area contributed by atoms with Gasteiger partial charge in [0.05, 0.1) is 27.3 Å². The first-order chi connectivity index (χ1) is 21.4. The topological polar surface area (TPSA) is 92.4 Å². The highest BCUT2D eigenvalue weighted by Crippen LogP contribution is 2.47. The molecule has 2 aromatic heterocycles. The fraction of sp³-hybridized carbons (Fsp3) is 0.594. The number of ether oxygens (including phenoxy) is 1. The molecular formula is C32H38ClF4N7O. The molecule has 8 nitrogen and oxygen atoms in total. The number of hydrogen-bond donors (Lipinski definition) is 2. The molecule has 0 saturated carbocycles. The van der Waals surface area contributed by atoms with Gasteiger partial charge in [0.15, 0.2) is 0 Å². The quantitative estimate of drug-likeness (QED) is 0.310. The highest BCUT2D eigenvalue weighted by atomic mass is 35.5. The van der Waals surface area contributed by atoms with Crippen molar-refractivity contribution in [3.63, 3.8) is 0 Å². The van der Waals surface area contributed by atoms with Crippen LogP contribution in [0.3, 0.4) is 0 Å². The summed E-state index contributed by atoms with van der Waals surface area (Å²) in [6.45, 7) is 7.80. The molecule has 5 atom stereocenters. The first-order valence-electron chi connectivity index (χ1n) is 15.8. The number of anilines is 2. The summed E-state index contributed by atoms with van der Waals surface area (Å²) in [5, 5.41) is 4.39. The van der Waals surface area contributed by atoms with Gasteiger partial charge in [-0.1, -0.05) is 18.5 Å². The zero-order valence-electron chi connectivity index (χ0n) is 25.6. The number of nitrogens with zero attached hydrogens (tertiary/aromatic N) is 5. The van der Waals surface area contributed by atoms with E-state index in [1.807, 2.05) is 13.8 Å². The molecule has 6 heterocycles.